The summed E-state index contributed by atoms with van der Waals surface area (Å²) >= 11 is 1.24. The number of hydrogen-bond donors (Lipinski definition) is 2. The molecule has 0 atom stereocenters. The molecule has 0 fully saturated rings. The third-order valence-corrected chi connectivity index (χ3v) is 4.89. The van der Waals surface area contributed by atoms with Crippen LogP contribution in [-0.2, 0) is 11.2 Å². The molecule has 0 aliphatic rings. The van der Waals surface area contributed by atoms with Gasteiger partial charge in [0.1, 0.15) is 5.75 Å². The topological polar surface area (TPSA) is 119 Å². The van der Waals surface area contributed by atoms with Crippen molar-refractivity contribution in [2.24, 2.45) is 0 Å². The number of carbonyl (C=O) groups excluding carboxylic acids is 2. The molecule has 0 bridgehead atoms. The number of aromatic nitrogens is 3. The van der Waals surface area contributed by atoms with Gasteiger partial charge in [-0.15, -0.1) is 11.3 Å². The van der Waals surface area contributed by atoms with Gasteiger partial charge in [0.25, 0.3) is 5.91 Å². The van der Waals surface area contributed by atoms with Crippen molar-refractivity contribution >= 4 is 34.0 Å². The molecule has 156 valence electrons. The standard InChI is InChI=1S/C21H17N5O4S/c1-13-10-15(30-20-22-7-3-8-23-20)5-6-16(13)25-18(27)11-14-12-31-21(24-14)26-19(28)17-4-2-9-29-17/h2-10,12H,11H2,1H3,(H,25,27)(H,24,26,28). The monoisotopic (exact) mass is 435 g/mol. The van der Waals surface area contributed by atoms with Crippen LogP contribution in [0.3, 0.4) is 0 Å². The third kappa shape index (κ3) is 5.31. The largest absolute Gasteiger partial charge is 0.459 e. The smallest absolute Gasteiger partial charge is 0.321 e. The van der Waals surface area contributed by atoms with Crippen LogP contribution in [0.2, 0.25) is 0 Å². The predicted molar refractivity (Wildman–Crippen MR) is 114 cm³/mol. The van der Waals surface area contributed by atoms with Crippen LogP contribution in [0.25, 0.3) is 0 Å². The zero-order valence-electron chi connectivity index (χ0n) is 16.4. The summed E-state index contributed by atoms with van der Waals surface area (Å²) in [7, 11) is 0. The van der Waals surface area contributed by atoms with Crippen molar-refractivity contribution in [2.75, 3.05) is 10.6 Å². The number of thiazole rings is 1. The van der Waals surface area contributed by atoms with Crippen molar-refractivity contribution in [3.63, 3.8) is 0 Å². The van der Waals surface area contributed by atoms with Crippen molar-refractivity contribution in [1.29, 1.82) is 0 Å². The highest BCUT2D eigenvalue weighted by molar-refractivity contribution is 7.14. The van der Waals surface area contributed by atoms with E-state index in [1.54, 1.807) is 54.2 Å². The van der Waals surface area contributed by atoms with E-state index in [9.17, 15) is 9.59 Å². The Bertz CT molecular complexity index is 1190. The van der Waals surface area contributed by atoms with E-state index in [1.807, 2.05) is 6.92 Å². The number of aryl methyl sites for hydroxylation is 1. The summed E-state index contributed by atoms with van der Waals surface area (Å²) in [5.41, 5.74) is 2.04. The molecule has 0 radical (unpaired) electrons. The van der Waals surface area contributed by atoms with Gasteiger partial charge in [0, 0.05) is 23.5 Å². The van der Waals surface area contributed by atoms with Crippen molar-refractivity contribution in [3.05, 3.63) is 77.5 Å². The number of ether oxygens (including phenoxy) is 1. The Morgan fingerprint density at radius 2 is 1.97 bits per heavy atom. The van der Waals surface area contributed by atoms with Crippen LogP contribution in [-0.4, -0.2) is 26.8 Å². The van der Waals surface area contributed by atoms with Crippen LogP contribution in [0.1, 0.15) is 21.8 Å². The fourth-order valence-electron chi connectivity index (χ4n) is 2.65. The van der Waals surface area contributed by atoms with Gasteiger partial charge in [0.05, 0.1) is 18.4 Å². The van der Waals surface area contributed by atoms with Gasteiger partial charge in [0.15, 0.2) is 10.9 Å². The average molecular weight is 435 g/mol. The van der Waals surface area contributed by atoms with Gasteiger partial charge in [-0.05, 0) is 48.9 Å². The minimum Gasteiger partial charge on any atom is -0.459 e. The van der Waals surface area contributed by atoms with Crippen LogP contribution in [0.15, 0.2) is 64.9 Å². The Labute approximate surface area is 181 Å². The second kappa shape index (κ2) is 9.18. The van der Waals surface area contributed by atoms with Gasteiger partial charge in [-0.3, -0.25) is 14.9 Å². The van der Waals surface area contributed by atoms with Crippen molar-refractivity contribution in [2.45, 2.75) is 13.3 Å². The molecule has 0 spiro atoms. The first-order valence-corrected chi connectivity index (χ1v) is 10.1. The SMILES string of the molecule is Cc1cc(Oc2ncccn2)ccc1NC(=O)Cc1csc(NC(=O)c2ccco2)n1. The molecule has 31 heavy (non-hydrogen) atoms. The highest BCUT2D eigenvalue weighted by Gasteiger charge is 2.13. The molecule has 3 heterocycles. The molecule has 4 rings (SSSR count). The molecule has 0 saturated carbocycles. The van der Waals surface area contributed by atoms with Gasteiger partial charge >= 0.3 is 6.01 Å². The molecule has 4 aromatic rings. The third-order valence-electron chi connectivity index (χ3n) is 4.08. The minimum atomic E-state index is -0.394. The Morgan fingerprint density at radius 1 is 1.13 bits per heavy atom. The van der Waals surface area contributed by atoms with Crippen LogP contribution in [0.5, 0.6) is 11.8 Å². The second-order valence-electron chi connectivity index (χ2n) is 6.41. The van der Waals surface area contributed by atoms with E-state index in [0.29, 0.717) is 22.3 Å². The van der Waals surface area contributed by atoms with E-state index in [2.05, 4.69) is 25.6 Å². The number of amides is 2. The van der Waals surface area contributed by atoms with Gasteiger partial charge in [-0.2, -0.15) is 0 Å². The molecule has 9 nitrogen and oxygen atoms in total. The molecule has 10 heteroatoms. The number of anilines is 2. The second-order valence-corrected chi connectivity index (χ2v) is 7.27. The maximum Gasteiger partial charge on any atom is 0.321 e. The lowest BCUT2D eigenvalue weighted by molar-refractivity contribution is -0.115. The lowest BCUT2D eigenvalue weighted by Gasteiger charge is -2.10. The summed E-state index contributed by atoms with van der Waals surface area (Å²) < 4.78 is 10.6. The highest BCUT2D eigenvalue weighted by atomic mass is 32.1. The summed E-state index contributed by atoms with van der Waals surface area (Å²) in [5, 5.41) is 7.62. The van der Waals surface area contributed by atoms with Gasteiger partial charge < -0.3 is 14.5 Å². The number of nitrogens with one attached hydrogen (secondary N) is 2. The van der Waals surface area contributed by atoms with Crippen LogP contribution in [0, 0.1) is 6.92 Å². The molecule has 0 aliphatic carbocycles. The Hall–Kier alpha value is -4.05. The molecule has 2 amide bonds. The van der Waals surface area contributed by atoms with Crippen LogP contribution in [0.4, 0.5) is 10.8 Å². The van der Waals surface area contributed by atoms with Gasteiger partial charge in [-0.25, -0.2) is 15.0 Å². The molecule has 3 aromatic heterocycles. The summed E-state index contributed by atoms with van der Waals surface area (Å²) in [6.45, 7) is 1.86. The predicted octanol–water partition coefficient (Wildman–Crippen LogP) is 4.06. The molecular weight excluding hydrogens is 418 g/mol. The number of furan rings is 1. The van der Waals surface area contributed by atoms with Crippen molar-refractivity contribution in [1.82, 2.24) is 15.0 Å². The minimum absolute atomic E-state index is 0.0721. The lowest BCUT2D eigenvalue weighted by Crippen LogP contribution is -2.15. The number of benzene rings is 1. The number of rotatable bonds is 7. The zero-order valence-corrected chi connectivity index (χ0v) is 17.2. The maximum atomic E-state index is 12.4. The molecular formula is C21H17N5O4S. The van der Waals surface area contributed by atoms with E-state index in [1.165, 1.54) is 17.6 Å². The summed E-state index contributed by atoms with van der Waals surface area (Å²) in [4.78, 5) is 36.7. The van der Waals surface area contributed by atoms with Gasteiger partial charge in [0.2, 0.25) is 5.91 Å². The summed E-state index contributed by atoms with van der Waals surface area (Å²) in [6, 6.07) is 10.4. The van der Waals surface area contributed by atoms with E-state index in [-0.39, 0.29) is 24.1 Å². The van der Waals surface area contributed by atoms with E-state index in [4.69, 9.17) is 9.15 Å². The first-order chi connectivity index (χ1) is 15.1. The van der Waals surface area contributed by atoms with Crippen molar-refractivity contribution in [3.8, 4) is 11.8 Å². The number of nitrogens with zero attached hydrogens (tertiary/aromatic N) is 3. The Kier molecular flexibility index (Phi) is 5.99. The van der Waals surface area contributed by atoms with Crippen LogP contribution >= 0.6 is 11.3 Å². The van der Waals surface area contributed by atoms with E-state index in [0.717, 1.165) is 5.56 Å². The Morgan fingerprint density at radius 3 is 2.71 bits per heavy atom. The van der Waals surface area contributed by atoms with Crippen LogP contribution < -0.4 is 15.4 Å². The zero-order chi connectivity index (χ0) is 21.6. The normalized spacial score (nSPS) is 10.5. The fourth-order valence-corrected chi connectivity index (χ4v) is 3.36. The average Bonchev–Trinajstić information content (AvgIpc) is 3.43. The van der Waals surface area contributed by atoms with E-state index < -0.39 is 5.91 Å². The molecule has 0 aliphatic heterocycles. The lowest BCUT2D eigenvalue weighted by atomic mass is 10.2. The number of hydrogen-bond acceptors (Lipinski definition) is 8. The molecule has 2 N–H and O–H groups in total. The summed E-state index contributed by atoms with van der Waals surface area (Å²) in [6.07, 6.45) is 4.68. The van der Waals surface area contributed by atoms with E-state index >= 15 is 0 Å². The quantitative estimate of drug-likeness (QED) is 0.449. The molecule has 1 aromatic carbocycles. The highest BCUT2D eigenvalue weighted by Crippen LogP contribution is 2.24. The molecule has 0 unspecified atom stereocenters. The van der Waals surface area contributed by atoms with Crippen molar-refractivity contribution < 1.29 is 18.7 Å². The maximum absolute atomic E-state index is 12.4. The number of carbonyl (C=O) groups is 2. The van der Waals surface area contributed by atoms with Gasteiger partial charge in [-0.1, -0.05) is 0 Å². The summed E-state index contributed by atoms with van der Waals surface area (Å²) in [5.74, 6) is 0.140. The molecule has 0 saturated heterocycles. The first-order valence-electron chi connectivity index (χ1n) is 9.21. The fraction of sp³-hybridized carbons (Fsp3) is 0.0952. The Balaban J connectivity index is 1.33. The first kappa shape index (κ1) is 20.2.